The van der Waals surface area contributed by atoms with E-state index in [4.69, 9.17) is 9.97 Å². The van der Waals surface area contributed by atoms with E-state index in [0.29, 0.717) is 31.3 Å². The number of nitrogens with one attached hydrogen (secondary N) is 1. The lowest BCUT2D eigenvalue weighted by Gasteiger charge is -2.26. The molecule has 2 amide bonds. The highest BCUT2D eigenvalue weighted by Crippen LogP contribution is 2.33. The maximum atomic E-state index is 12.9. The first-order chi connectivity index (χ1) is 16.4. The number of hydroxylamine groups is 2. The van der Waals surface area contributed by atoms with Crippen LogP contribution in [0, 0.1) is 6.92 Å². The summed E-state index contributed by atoms with van der Waals surface area (Å²) >= 11 is 0. The van der Waals surface area contributed by atoms with Crippen LogP contribution >= 0.6 is 0 Å². The summed E-state index contributed by atoms with van der Waals surface area (Å²) in [7, 11) is 5.31. The SMILES string of the molecule is COON1C=C1C(=O)Nc1nc2cccc(C)c2n1C1CCCCN(C(=O)/C=C/CN(C)C)C1. The fraction of sp³-hybridized carbons (Fsp3) is 0.458. The van der Waals surface area contributed by atoms with Crippen LogP contribution in [0.3, 0.4) is 0 Å². The van der Waals surface area contributed by atoms with Crippen LogP contribution in [-0.2, 0) is 19.5 Å². The van der Waals surface area contributed by atoms with Crippen LogP contribution in [0.5, 0.6) is 0 Å². The molecule has 1 atom stereocenters. The summed E-state index contributed by atoms with van der Waals surface area (Å²) in [6.45, 7) is 4.01. The summed E-state index contributed by atoms with van der Waals surface area (Å²) in [5.74, 6) is 0.136. The van der Waals surface area contributed by atoms with Crippen molar-refractivity contribution in [2.24, 2.45) is 0 Å². The van der Waals surface area contributed by atoms with Crippen LogP contribution in [0.15, 0.2) is 42.2 Å². The number of likely N-dealkylation sites (N-methyl/N-ethyl adjacent to an activating group) is 1. The Morgan fingerprint density at radius 3 is 2.88 bits per heavy atom. The highest BCUT2D eigenvalue weighted by Gasteiger charge is 2.33. The van der Waals surface area contributed by atoms with Crippen molar-refractivity contribution in [3.63, 3.8) is 0 Å². The zero-order chi connectivity index (χ0) is 24.2. The van der Waals surface area contributed by atoms with E-state index in [1.807, 2.05) is 55.1 Å². The largest absolute Gasteiger partial charge is 0.337 e. The molecule has 0 bridgehead atoms. The molecule has 1 aromatic carbocycles. The quantitative estimate of drug-likeness (QED) is 0.362. The van der Waals surface area contributed by atoms with Gasteiger partial charge in [-0.2, -0.15) is 5.06 Å². The third kappa shape index (κ3) is 5.30. The maximum absolute atomic E-state index is 12.9. The molecule has 1 aromatic heterocycles. The van der Waals surface area contributed by atoms with E-state index in [0.717, 1.165) is 35.9 Å². The Balaban J connectivity index is 1.61. The molecule has 2 aromatic rings. The molecule has 4 rings (SSSR count). The standard InChI is InChI=1S/C24H32N6O4/c1-17-9-7-11-19-22(17)30(24(25-19)26-23(32)20-16-29(20)34-33-4)18-10-5-6-14-28(15-18)21(31)12-8-13-27(2)3/h7-9,11-12,16,18H,5-6,10,13-15H2,1-4H3,(H,25,26,32)/b12-8+. The number of hydrogen-bond donors (Lipinski definition) is 1. The minimum absolute atomic E-state index is 0.0102. The number of para-hydroxylation sites is 1. The number of nitrogens with zero attached hydrogens (tertiary/aromatic N) is 5. The molecule has 182 valence electrons. The molecule has 0 radical (unpaired) electrons. The van der Waals surface area contributed by atoms with Crippen LogP contribution in [-0.4, -0.2) is 77.1 Å². The first-order valence-corrected chi connectivity index (χ1v) is 11.5. The van der Waals surface area contributed by atoms with E-state index >= 15 is 0 Å². The summed E-state index contributed by atoms with van der Waals surface area (Å²) < 4.78 is 2.09. The number of anilines is 1. The number of rotatable bonds is 8. The molecule has 34 heavy (non-hydrogen) atoms. The average Bonchev–Trinajstić information content (AvgIpc) is 3.52. The molecule has 1 fully saturated rings. The van der Waals surface area contributed by atoms with Gasteiger partial charge >= 0.3 is 0 Å². The van der Waals surface area contributed by atoms with Gasteiger partial charge in [0.05, 0.1) is 30.4 Å². The molecule has 2 aliphatic rings. The summed E-state index contributed by atoms with van der Waals surface area (Å²) in [6, 6.07) is 5.91. The predicted octanol–water partition coefficient (Wildman–Crippen LogP) is 2.60. The normalized spacial score (nSPS) is 18.5. The fourth-order valence-electron chi connectivity index (χ4n) is 4.31. The van der Waals surface area contributed by atoms with Crippen LogP contribution in [0.4, 0.5) is 5.95 Å². The molecule has 0 saturated carbocycles. The van der Waals surface area contributed by atoms with Crippen molar-refractivity contribution in [3.05, 3.63) is 47.8 Å². The average molecular weight is 469 g/mol. The molecule has 1 N–H and O–H groups in total. The lowest BCUT2D eigenvalue weighted by molar-refractivity contribution is -0.367. The lowest BCUT2D eigenvalue weighted by atomic mass is 10.1. The van der Waals surface area contributed by atoms with Crippen LogP contribution in [0.1, 0.15) is 30.9 Å². The number of carbonyl (C=O) groups is 2. The molecule has 10 heteroatoms. The minimum atomic E-state index is -0.334. The number of amides is 2. The molecule has 0 spiro atoms. The number of aromatic nitrogens is 2. The van der Waals surface area contributed by atoms with Crippen molar-refractivity contribution in [2.45, 2.75) is 32.2 Å². The van der Waals surface area contributed by atoms with Crippen molar-refractivity contribution in [1.82, 2.24) is 24.4 Å². The van der Waals surface area contributed by atoms with E-state index < -0.39 is 0 Å². The Morgan fingerprint density at radius 1 is 1.29 bits per heavy atom. The van der Waals surface area contributed by atoms with Gasteiger partial charge in [-0.3, -0.25) is 14.9 Å². The molecular formula is C24H32N6O4. The topological polar surface area (TPSA) is 91.9 Å². The molecule has 0 aliphatic carbocycles. The van der Waals surface area contributed by atoms with E-state index in [1.54, 1.807) is 6.08 Å². The first kappa shape index (κ1) is 23.9. The summed E-state index contributed by atoms with van der Waals surface area (Å²) in [6.07, 6.45) is 7.88. The number of carbonyl (C=O) groups excluding carboxylic acids is 2. The summed E-state index contributed by atoms with van der Waals surface area (Å²) in [4.78, 5) is 43.8. The second kappa shape index (κ2) is 10.4. The molecule has 3 heterocycles. The fourth-order valence-corrected chi connectivity index (χ4v) is 4.31. The van der Waals surface area contributed by atoms with Gasteiger partial charge in [-0.15, -0.1) is 4.99 Å². The monoisotopic (exact) mass is 468 g/mol. The summed E-state index contributed by atoms with van der Waals surface area (Å²) in [5, 5.41) is 4.18. The Hall–Kier alpha value is -3.21. The van der Waals surface area contributed by atoms with Gasteiger partial charge in [-0.05, 0) is 51.9 Å². The van der Waals surface area contributed by atoms with E-state index in [1.165, 1.54) is 18.4 Å². The zero-order valence-electron chi connectivity index (χ0n) is 20.2. The predicted molar refractivity (Wildman–Crippen MR) is 128 cm³/mol. The Labute approximate surface area is 199 Å². The molecular weight excluding hydrogens is 436 g/mol. The van der Waals surface area contributed by atoms with Gasteiger partial charge in [-0.1, -0.05) is 18.2 Å². The number of likely N-dealkylation sites (tertiary alicyclic amines) is 1. The van der Waals surface area contributed by atoms with E-state index in [9.17, 15) is 9.59 Å². The molecule has 1 saturated heterocycles. The highest BCUT2D eigenvalue weighted by atomic mass is 17.3. The van der Waals surface area contributed by atoms with Crippen molar-refractivity contribution >= 4 is 28.8 Å². The van der Waals surface area contributed by atoms with Crippen LogP contribution in [0.25, 0.3) is 11.0 Å². The number of aryl methyl sites for hydroxylation is 1. The van der Waals surface area contributed by atoms with Crippen molar-refractivity contribution < 1.29 is 19.5 Å². The molecule has 1 unspecified atom stereocenters. The van der Waals surface area contributed by atoms with Gasteiger partial charge in [0.1, 0.15) is 0 Å². The lowest BCUT2D eigenvalue weighted by Crippen LogP contribution is -2.35. The third-order valence-corrected chi connectivity index (χ3v) is 5.99. The van der Waals surface area contributed by atoms with Crippen molar-refractivity contribution in [1.29, 1.82) is 0 Å². The number of hydrogen-bond acceptors (Lipinski definition) is 7. The Morgan fingerprint density at radius 2 is 2.12 bits per heavy atom. The number of fused-ring (bicyclic) bond motifs is 1. The first-order valence-electron chi connectivity index (χ1n) is 11.5. The van der Waals surface area contributed by atoms with Gasteiger partial charge in [0, 0.05) is 25.7 Å². The Kier molecular flexibility index (Phi) is 7.30. The molecule has 2 aliphatic heterocycles. The van der Waals surface area contributed by atoms with Gasteiger partial charge in [0.25, 0.3) is 5.91 Å². The highest BCUT2D eigenvalue weighted by molar-refractivity contribution is 6.05. The second-order valence-corrected chi connectivity index (χ2v) is 8.88. The van der Waals surface area contributed by atoms with Crippen LogP contribution < -0.4 is 5.32 Å². The summed E-state index contributed by atoms with van der Waals surface area (Å²) in [5.41, 5.74) is 3.18. The number of benzene rings is 1. The molecule has 10 nitrogen and oxygen atoms in total. The zero-order valence-corrected chi connectivity index (χ0v) is 20.2. The van der Waals surface area contributed by atoms with Crippen LogP contribution in [0.2, 0.25) is 0 Å². The van der Waals surface area contributed by atoms with Gasteiger partial charge in [-0.25, -0.2) is 9.87 Å². The minimum Gasteiger partial charge on any atom is -0.337 e. The van der Waals surface area contributed by atoms with E-state index in [2.05, 4.69) is 14.8 Å². The van der Waals surface area contributed by atoms with Crippen molar-refractivity contribution in [2.75, 3.05) is 46.2 Å². The third-order valence-electron chi connectivity index (χ3n) is 5.99. The number of imidazole rings is 1. The second-order valence-electron chi connectivity index (χ2n) is 8.88. The smallest absolute Gasteiger partial charge is 0.278 e. The van der Waals surface area contributed by atoms with Gasteiger partial charge in [0.15, 0.2) is 5.70 Å². The van der Waals surface area contributed by atoms with Gasteiger partial charge in [0.2, 0.25) is 11.9 Å². The van der Waals surface area contributed by atoms with E-state index in [-0.39, 0.29) is 17.9 Å². The maximum Gasteiger partial charge on any atom is 0.278 e. The Bertz CT molecular complexity index is 1120. The van der Waals surface area contributed by atoms with Crippen molar-refractivity contribution in [3.8, 4) is 0 Å². The van der Waals surface area contributed by atoms with Gasteiger partial charge < -0.3 is 14.4 Å².